The number of amides is 1. The summed E-state index contributed by atoms with van der Waals surface area (Å²) < 4.78 is 5.16. The van der Waals surface area contributed by atoms with Crippen LogP contribution in [0.4, 0.5) is 4.79 Å². The zero-order valence-corrected chi connectivity index (χ0v) is 11.7. The maximum Gasteiger partial charge on any atom is 0.407 e. The standard InChI is InChI=1S/C15H21NO3/c1-15(2,3)19-14(18)16-11-13-7-4-6-12(10-13)8-5-9-17/h4,6-7,9-10H,5,8,11H2,1-3H3,(H,16,18). The first kappa shape index (κ1) is 15.2. The van der Waals surface area contributed by atoms with Crippen molar-refractivity contribution in [2.24, 2.45) is 0 Å². The van der Waals surface area contributed by atoms with Gasteiger partial charge in [0.2, 0.25) is 0 Å². The molecule has 0 atom stereocenters. The molecule has 0 radical (unpaired) electrons. The van der Waals surface area contributed by atoms with E-state index < -0.39 is 11.7 Å². The fourth-order valence-corrected chi connectivity index (χ4v) is 1.61. The number of aldehydes is 1. The fraction of sp³-hybridized carbons (Fsp3) is 0.467. The third-order valence-corrected chi connectivity index (χ3v) is 2.38. The molecule has 0 heterocycles. The van der Waals surface area contributed by atoms with Crippen LogP contribution < -0.4 is 5.32 Å². The van der Waals surface area contributed by atoms with Crippen molar-refractivity contribution in [1.29, 1.82) is 0 Å². The van der Waals surface area contributed by atoms with E-state index in [1.165, 1.54) is 0 Å². The summed E-state index contributed by atoms with van der Waals surface area (Å²) in [5.74, 6) is 0. The quantitative estimate of drug-likeness (QED) is 0.831. The molecule has 0 aromatic heterocycles. The second-order valence-electron chi connectivity index (χ2n) is 5.38. The lowest BCUT2D eigenvalue weighted by molar-refractivity contribution is -0.107. The van der Waals surface area contributed by atoms with Crippen molar-refractivity contribution in [1.82, 2.24) is 5.32 Å². The first-order valence-corrected chi connectivity index (χ1v) is 6.39. The average molecular weight is 263 g/mol. The van der Waals surface area contributed by atoms with Crippen molar-refractivity contribution < 1.29 is 14.3 Å². The number of carbonyl (C=O) groups is 2. The Balaban J connectivity index is 2.48. The van der Waals surface area contributed by atoms with Gasteiger partial charge >= 0.3 is 6.09 Å². The molecule has 1 amide bonds. The number of rotatable bonds is 5. The van der Waals surface area contributed by atoms with Crippen LogP contribution in [-0.4, -0.2) is 18.0 Å². The summed E-state index contributed by atoms with van der Waals surface area (Å²) in [7, 11) is 0. The molecule has 104 valence electrons. The Kier molecular flexibility index (Phi) is 5.55. The summed E-state index contributed by atoms with van der Waals surface area (Å²) in [6.07, 6.45) is 1.73. The summed E-state index contributed by atoms with van der Waals surface area (Å²) in [6.45, 7) is 5.90. The molecule has 0 saturated heterocycles. The molecule has 4 heteroatoms. The highest BCUT2D eigenvalue weighted by Crippen LogP contribution is 2.09. The predicted molar refractivity (Wildman–Crippen MR) is 73.9 cm³/mol. The van der Waals surface area contributed by atoms with Gasteiger partial charge in [-0.25, -0.2) is 4.79 Å². The molecule has 1 aromatic rings. The van der Waals surface area contributed by atoms with Gasteiger partial charge in [0, 0.05) is 13.0 Å². The van der Waals surface area contributed by atoms with Gasteiger partial charge in [-0.05, 0) is 38.3 Å². The van der Waals surface area contributed by atoms with Gasteiger partial charge in [0.25, 0.3) is 0 Å². The molecular formula is C15H21NO3. The normalized spacial score (nSPS) is 10.9. The molecule has 0 bridgehead atoms. The summed E-state index contributed by atoms with van der Waals surface area (Å²) >= 11 is 0. The van der Waals surface area contributed by atoms with Crippen molar-refractivity contribution in [3.05, 3.63) is 35.4 Å². The van der Waals surface area contributed by atoms with Gasteiger partial charge in [-0.3, -0.25) is 0 Å². The minimum Gasteiger partial charge on any atom is -0.444 e. The molecule has 0 aliphatic carbocycles. The Labute approximate surface area is 114 Å². The van der Waals surface area contributed by atoms with E-state index in [-0.39, 0.29) is 0 Å². The van der Waals surface area contributed by atoms with Crippen LogP contribution in [-0.2, 0) is 22.5 Å². The lowest BCUT2D eigenvalue weighted by Crippen LogP contribution is -2.32. The van der Waals surface area contributed by atoms with E-state index in [1.54, 1.807) is 0 Å². The van der Waals surface area contributed by atoms with Gasteiger partial charge in [0.05, 0.1) is 0 Å². The Hall–Kier alpha value is -1.84. The van der Waals surface area contributed by atoms with E-state index in [4.69, 9.17) is 4.74 Å². The number of alkyl carbamates (subject to hydrolysis) is 1. The van der Waals surface area contributed by atoms with Gasteiger partial charge in [-0.1, -0.05) is 24.3 Å². The summed E-state index contributed by atoms with van der Waals surface area (Å²) in [4.78, 5) is 21.8. The van der Waals surface area contributed by atoms with Crippen LogP contribution in [0, 0.1) is 0 Å². The molecule has 1 N–H and O–H groups in total. The van der Waals surface area contributed by atoms with Crippen LogP contribution in [0.1, 0.15) is 38.3 Å². The van der Waals surface area contributed by atoms with Crippen molar-refractivity contribution in [3.63, 3.8) is 0 Å². The van der Waals surface area contributed by atoms with Gasteiger partial charge in [0.15, 0.2) is 0 Å². The second-order valence-corrected chi connectivity index (χ2v) is 5.38. The van der Waals surface area contributed by atoms with Crippen LogP contribution in [0.25, 0.3) is 0 Å². The van der Waals surface area contributed by atoms with Crippen LogP contribution in [0.5, 0.6) is 0 Å². The Morgan fingerprint density at radius 1 is 1.32 bits per heavy atom. The molecule has 0 aliphatic rings. The highest BCUT2D eigenvalue weighted by Gasteiger charge is 2.15. The molecule has 4 nitrogen and oxygen atoms in total. The summed E-state index contributed by atoms with van der Waals surface area (Å²) in [6, 6.07) is 7.81. The SMILES string of the molecule is CC(C)(C)OC(=O)NCc1cccc(CCC=O)c1. The van der Waals surface area contributed by atoms with Crippen LogP contribution in [0.3, 0.4) is 0 Å². The largest absolute Gasteiger partial charge is 0.444 e. The van der Waals surface area contributed by atoms with Crippen LogP contribution >= 0.6 is 0 Å². The zero-order valence-electron chi connectivity index (χ0n) is 11.7. The first-order valence-electron chi connectivity index (χ1n) is 6.39. The highest BCUT2D eigenvalue weighted by molar-refractivity contribution is 5.67. The van der Waals surface area contributed by atoms with Crippen molar-refractivity contribution in [3.8, 4) is 0 Å². The summed E-state index contributed by atoms with van der Waals surface area (Å²) in [5, 5.41) is 2.71. The second kappa shape index (κ2) is 6.92. The molecule has 0 aliphatic heterocycles. The maximum absolute atomic E-state index is 11.5. The fourth-order valence-electron chi connectivity index (χ4n) is 1.61. The van der Waals surface area contributed by atoms with E-state index in [2.05, 4.69) is 5.32 Å². The van der Waals surface area contributed by atoms with Crippen molar-refractivity contribution >= 4 is 12.4 Å². The summed E-state index contributed by atoms with van der Waals surface area (Å²) in [5.41, 5.74) is 1.60. The first-order chi connectivity index (χ1) is 8.90. The lowest BCUT2D eigenvalue weighted by atomic mass is 10.1. The number of ether oxygens (including phenoxy) is 1. The monoisotopic (exact) mass is 263 g/mol. The lowest BCUT2D eigenvalue weighted by Gasteiger charge is -2.19. The molecule has 0 spiro atoms. The Morgan fingerprint density at radius 3 is 2.63 bits per heavy atom. The topological polar surface area (TPSA) is 55.4 Å². The number of carbonyl (C=O) groups excluding carboxylic acids is 2. The predicted octanol–water partition coefficient (Wildman–Crippen LogP) is 2.84. The molecule has 1 rings (SSSR count). The van der Waals surface area contributed by atoms with E-state index >= 15 is 0 Å². The van der Waals surface area contributed by atoms with Crippen molar-refractivity contribution in [2.45, 2.75) is 45.8 Å². The van der Waals surface area contributed by atoms with E-state index in [0.717, 1.165) is 23.8 Å². The number of nitrogens with one attached hydrogen (secondary N) is 1. The number of aryl methyl sites for hydroxylation is 1. The molecule has 0 unspecified atom stereocenters. The average Bonchev–Trinajstić information content (AvgIpc) is 2.32. The maximum atomic E-state index is 11.5. The van der Waals surface area contributed by atoms with Crippen LogP contribution in [0.15, 0.2) is 24.3 Å². The minimum absolute atomic E-state index is 0.420. The minimum atomic E-state index is -0.490. The number of hydrogen-bond donors (Lipinski definition) is 1. The molecule has 0 saturated carbocycles. The van der Waals surface area contributed by atoms with E-state index in [0.29, 0.717) is 13.0 Å². The molecular weight excluding hydrogens is 242 g/mol. The zero-order chi connectivity index (χ0) is 14.3. The van der Waals surface area contributed by atoms with Gasteiger partial charge in [-0.15, -0.1) is 0 Å². The van der Waals surface area contributed by atoms with Crippen molar-refractivity contribution in [2.75, 3.05) is 0 Å². The third-order valence-electron chi connectivity index (χ3n) is 2.38. The van der Waals surface area contributed by atoms with E-state index in [9.17, 15) is 9.59 Å². The third kappa shape index (κ3) is 6.60. The smallest absolute Gasteiger partial charge is 0.407 e. The molecule has 19 heavy (non-hydrogen) atoms. The van der Waals surface area contributed by atoms with Gasteiger partial charge in [-0.2, -0.15) is 0 Å². The highest BCUT2D eigenvalue weighted by atomic mass is 16.6. The molecule has 1 aromatic carbocycles. The Morgan fingerprint density at radius 2 is 2.00 bits per heavy atom. The van der Waals surface area contributed by atoms with Gasteiger partial charge in [0.1, 0.15) is 11.9 Å². The van der Waals surface area contributed by atoms with E-state index in [1.807, 2.05) is 45.0 Å². The number of benzene rings is 1. The Bertz CT molecular complexity index is 435. The van der Waals surface area contributed by atoms with Crippen LogP contribution in [0.2, 0.25) is 0 Å². The molecule has 0 fully saturated rings. The number of hydrogen-bond acceptors (Lipinski definition) is 3. The van der Waals surface area contributed by atoms with Gasteiger partial charge < -0.3 is 14.8 Å².